The van der Waals surface area contributed by atoms with E-state index >= 15 is 0 Å². The van der Waals surface area contributed by atoms with Crippen LogP contribution >= 0.6 is 11.6 Å². The van der Waals surface area contributed by atoms with E-state index in [1.54, 1.807) is 0 Å². The Morgan fingerprint density at radius 1 is 1.00 bits per heavy atom. The quantitative estimate of drug-likeness (QED) is 0.772. The standard InChI is InChI=1S/C19H24ClN/c1-5-13(2)15-8-10-16(11-9-15)19(21-4)17-7-6-14(3)18(20)12-17/h6-13,19,21H,5H2,1-4H3. The van der Waals surface area contributed by atoms with Gasteiger partial charge in [-0.1, -0.05) is 61.8 Å². The van der Waals surface area contributed by atoms with Gasteiger partial charge in [-0.05, 0) is 54.6 Å². The molecule has 0 saturated carbocycles. The van der Waals surface area contributed by atoms with Crippen LogP contribution < -0.4 is 5.32 Å². The molecule has 2 rings (SSSR count). The molecule has 21 heavy (non-hydrogen) atoms. The monoisotopic (exact) mass is 301 g/mol. The van der Waals surface area contributed by atoms with Gasteiger partial charge in [0.25, 0.3) is 0 Å². The number of halogens is 1. The topological polar surface area (TPSA) is 12.0 Å². The Labute approximate surface area is 133 Å². The molecule has 0 aromatic heterocycles. The summed E-state index contributed by atoms with van der Waals surface area (Å²) in [5.41, 5.74) is 4.98. The first-order valence-electron chi connectivity index (χ1n) is 7.60. The summed E-state index contributed by atoms with van der Waals surface area (Å²) >= 11 is 6.26. The number of benzene rings is 2. The molecule has 2 unspecified atom stereocenters. The second kappa shape index (κ2) is 7.11. The molecule has 2 atom stereocenters. The van der Waals surface area contributed by atoms with E-state index in [9.17, 15) is 0 Å². The van der Waals surface area contributed by atoms with Crippen molar-refractivity contribution in [1.29, 1.82) is 0 Å². The maximum absolute atomic E-state index is 6.26. The normalized spacial score (nSPS) is 14.0. The van der Waals surface area contributed by atoms with Gasteiger partial charge in [0, 0.05) is 5.02 Å². The van der Waals surface area contributed by atoms with Crippen LogP contribution in [0, 0.1) is 6.92 Å². The highest BCUT2D eigenvalue weighted by molar-refractivity contribution is 6.31. The summed E-state index contributed by atoms with van der Waals surface area (Å²) in [6.07, 6.45) is 1.17. The lowest BCUT2D eigenvalue weighted by Gasteiger charge is -2.19. The zero-order valence-electron chi connectivity index (χ0n) is 13.3. The zero-order valence-corrected chi connectivity index (χ0v) is 14.0. The van der Waals surface area contributed by atoms with Crippen LogP contribution in [0.4, 0.5) is 0 Å². The minimum atomic E-state index is 0.175. The van der Waals surface area contributed by atoms with Gasteiger partial charge < -0.3 is 5.32 Å². The van der Waals surface area contributed by atoms with Crippen LogP contribution in [0.15, 0.2) is 42.5 Å². The van der Waals surface area contributed by atoms with Gasteiger partial charge in [-0.2, -0.15) is 0 Å². The van der Waals surface area contributed by atoms with Crippen molar-refractivity contribution in [3.63, 3.8) is 0 Å². The summed E-state index contributed by atoms with van der Waals surface area (Å²) in [7, 11) is 1.99. The second-order valence-corrected chi connectivity index (χ2v) is 6.11. The third-order valence-electron chi connectivity index (χ3n) is 4.27. The highest BCUT2D eigenvalue weighted by Crippen LogP contribution is 2.27. The Kier molecular flexibility index (Phi) is 5.44. The van der Waals surface area contributed by atoms with Crippen molar-refractivity contribution in [2.24, 2.45) is 0 Å². The van der Waals surface area contributed by atoms with Crippen molar-refractivity contribution in [3.05, 3.63) is 69.7 Å². The third kappa shape index (κ3) is 3.66. The van der Waals surface area contributed by atoms with Gasteiger partial charge >= 0.3 is 0 Å². The largest absolute Gasteiger partial charge is 0.309 e. The molecule has 1 nitrogen and oxygen atoms in total. The van der Waals surface area contributed by atoms with E-state index in [1.807, 2.05) is 14.0 Å². The summed E-state index contributed by atoms with van der Waals surface area (Å²) in [5, 5.41) is 4.21. The Morgan fingerprint density at radius 2 is 1.57 bits per heavy atom. The second-order valence-electron chi connectivity index (χ2n) is 5.71. The van der Waals surface area contributed by atoms with Gasteiger partial charge in [-0.3, -0.25) is 0 Å². The molecule has 0 aliphatic carbocycles. The lowest BCUT2D eigenvalue weighted by molar-refractivity contribution is 0.688. The predicted octanol–water partition coefficient (Wildman–Crippen LogP) is 5.47. The van der Waals surface area contributed by atoms with E-state index < -0.39 is 0 Å². The summed E-state index contributed by atoms with van der Waals surface area (Å²) in [6, 6.07) is 15.4. The fourth-order valence-electron chi connectivity index (χ4n) is 2.57. The van der Waals surface area contributed by atoms with Crippen molar-refractivity contribution in [2.45, 2.75) is 39.2 Å². The molecule has 0 amide bonds. The van der Waals surface area contributed by atoms with E-state index in [2.05, 4.69) is 61.6 Å². The Bertz CT molecular complexity index is 589. The van der Waals surface area contributed by atoms with E-state index in [1.165, 1.54) is 23.1 Å². The first kappa shape index (κ1) is 16.1. The number of rotatable bonds is 5. The smallest absolute Gasteiger partial charge is 0.0574 e. The van der Waals surface area contributed by atoms with Crippen LogP contribution in [-0.2, 0) is 0 Å². The minimum absolute atomic E-state index is 0.175. The van der Waals surface area contributed by atoms with E-state index in [-0.39, 0.29) is 6.04 Å². The average molecular weight is 302 g/mol. The van der Waals surface area contributed by atoms with Crippen molar-refractivity contribution < 1.29 is 0 Å². The molecule has 1 N–H and O–H groups in total. The fraction of sp³-hybridized carbons (Fsp3) is 0.368. The number of hydrogen-bond acceptors (Lipinski definition) is 1. The number of nitrogens with one attached hydrogen (secondary N) is 1. The summed E-state index contributed by atoms with van der Waals surface area (Å²) in [5.74, 6) is 0.612. The van der Waals surface area contributed by atoms with E-state index in [4.69, 9.17) is 11.6 Å². The molecule has 2 heteroatoms. The Morgan fingerprint density at radius 3 is 2.10 bits per heavy atom. The number of aryl methyl sites for hydroxylation is 1. The van der Waals surface area contributed by atoms with Gasteiger partial charge in [0.15, 0.2) is 0 Å². The fourth-order valence-corrected chi connectivity index (χ4v) is 2.76. The molecule has 0 fully saturated rings. The molecule has 0 radical (unpaired) electrons. The summed E-state index contributed by atoms with van der Waals surface area (Å²) < 4.78 is 0. The minimum Gasteiger partial charge on any atom is -0.309 e. The highest BCUT2D eigenvalue weighted by Gasteiger charge is 2.13. The van der Waals surface area contributed by atoms with E-state index in [0.717, 1.165) is 10.6 Å². The molecule has 2 aromatic rings. The van der Waals surface area contributed by atoms with E-state index in [0.29, 0.717) is 5.92 Å². The van der Waals surface area contributed by atoms with Gasteiger partial charge in [-0.15, -0.1) is 0 Å². The van der Waals surface area contributed by atoms with Crippen LogP contribution in [0.25, 0.3) is 0 Å². The van der Waals surface area contributed by atoms with Crippen molar-refractivity contribution in [2.75, 3.05) is 7.05 Å². The maximum Gasteiger partial charge on any atom is 0.0574 e. The molecule has 0 aliphatic heterocycles. The van der Waals surface area contributed by atoms with Crippen LogP contribution in [0.2, 0.25) is 5.02 Å². The molecule has 0 spiro atoms. The lowest BCUT2D eigenvalue weighted by atomic mass is 9.93. The van der Waals surface area contributed by atoms with Crippen LogP contribution in [0.1, 0.15) is 54.5 Å². The molecular formula is C19H24ClN. The molecule has 0 aliphatic rings. The highest BCUT2D eigenvalue weighted by atomic mass is 35.5. The Balaban J connectivity index is 2.30. The molecular weight excluding hydrogens is 278 g/mol. The van der Waals surface area contributed by atoms with Gasteiger partial charge in [0.05, 0.1) is 6.04 Å². The zero-order chi connectivity index (χ0) is 15.4. The SMILES string of the molecule is CCC(C)c1ccc(C(NC)c2ccc(C)c(Cl)c2)cc1. The average Bonchev–Trinajstić information content (AvgIpc) is 2.51. The van der Waals surface area contributed by atoms with Crippen molar-refractivity contribution in [1.82, 2.24) is 5.32 Å². The first-order valence-corrected chi connectivity index (χ1v) is 7.97. The first-order chi connectivity index (χ1) is 10.1. The predicted molar refractivity (Wildman–Crippen MR) is 92.2 cm³/mol. The molecule has 0 bridgehead atoms. The van der Waals surface area contributed by atoms with Crippen molar-refractivity contribution in [3.8, 4) is 0 Å². The van der Waals surface area contributed by atoms with Crippen LogP contribution in [0.3, 0.4) is 0 Å². The molecule has 2 aromatic carbocycles. The summed E-state index contributed by atoms with van der Waals surface area (Å²) in [6.45, 7) is 6.52. The maximum atomic E-state index is 6.26. The van der Waals surface area contributed by atoms with Crippen molar-refractivity contribution >= 4 is 11.6 Å². The van der Waals surface area contributed by atoms with Gasteiger partial charge in [0.1, 0.15) is 0 Å². The lowest BCUT2D eigenvalue weighted by Crippen LogP contribution is -2.17. The molecule has 0 heterocycles. The third-order valence-corrected chi connectivity index (χ3v) is 4.68. The van der Waals surface area contributed by atoms with Crippen LogP contribution in [0.5, 0.6) is 0 Å². The number of hydrogen-bond donors (Lipinski definition) is 1. The summed E-state index contributed by atoms with van der Waals surface area (Å²) in [4.78, 5) is 0. The van der Waals surface area contributed by atoms with Crippen LogP contribution in [-0.4, -0.2) is 7.05 Å². The Hall–Kier alpha value is -1.31. The molecule has 112 valence electrons. The van der Waals surface area contributed by atoms with Gasteiger partial charge in [-0.25, -0.2) is 0 Å². The van der Waals surface area contributed by atoms with Gasteiger partial charge in [0.2, 0.25) is 0 Å². The molecule has 0 saturated heterocycles.